The fourth-order valence-corrected chi connectivity index (χ4v) is 2.13. The molecule has 0 saturated heterocycles. The van der Waals surface area contributed by atoms with Crippen LogP contribution < -0.4 is 5.32 Å². The van der Waals surface area contributed by atoms with Crippen molar-refractivity contribution in [3.05, 3.63) is 22.4 Å². The summed E-state index contributed by atoms with van der Waals surface area (Å²) < 4.78 is 0. The maximum absolute atomic E-state index is 5.39. The molecule has 2 unspecified atom stereocenters. The highest BCUT2D eigenvalue weighted by atomic mass is 32.1. The summed E-state index contributed by atoms with van der Waals surface area (Å²) in [4.78, 5) is 0. The van der Waals surface area contributed by atoms with Gasteiger partial charge in [0.2, 0.25) is 0 Å². The Morgan fingerprint density at radius 3 is 2.93 bits per heavy atom. The van der Waals surface area contributed by atoms with E-state index in [9.17, 15) is 0 Å². The van der Waals surface area contributed by atoms with E-state index in [1.54, 1.807) is 11.3 Å². The van der Waals surface area contributed by atoms with Crippen molar-refractivity contribution in [2.24, 2.45) is 0 Å². The Morgan fingerprint density at radius 2 is 2.43 bits per heavy atom. The molecule has 1 rings (SSSR count). The molecule has 0 bridgehead atoms. The lowest BCUT2D eigenvalue weighted by molar-refractivity contribution is 0.494. The lowest BCUT2D eigenvalue weighted by atomic mass is 10.1. The van der Waals surface area contributed by atoms with Gasteiger partial charge in [0.1, 0.15) is 0 Å². The first kappa shape index (κ1) is 11.3. The third-order valence-corrected chi connectivity index (χ3v) is 2.95. The molecule has 0 aliphatic rings. The van der Waals surface area contributed by atoms with Crippen LogP contribution in [-0.2, 0) is 6.42 Å². The van der Waals surface area contributed by atoms with Crippen molar-refractivity contribution in [2.45, 2.75) is 38.8 Å². The van der Waals surface area contributed by atoms with Gasteiger partial charge in [-0.1, -0.05) is 12.8 Å². The minimum absolute atomic E-state index is 0.212. The van der Waals surface area contributed by atoms with E-state index in [2.05, 4.69) is 41.9 Å². The fourth-order valence-electron chi connectivity index (χ4n) is 1.45. The molecule has 1 aromatic rings. The van der Waals surface area contributed by atoms with Crippen LogP contribution in [0.1, 0.15) is 25.8 Å². The monoisotopic (exact) mass is 207 g/mol. The van der Waals surface area contributed by atoms with Gasteiger partial charge in [-0.25, -0.2) is 0 Å². The zero-order chi connectivity index (χ0) is 10.4. The Labute approximate surface area is 90.5 Å². The average Bonchev–Trinajstić information content (AvgIpc) is 2.66. The Balaban J connectivity index is 2.36. The van der Waals surface area contributed by atoms with Crippen molar-refractivity contribution in [2.75, 3.05) is 0 Å². The second-order valence-electron chi connectivity index (χ2n) is 3.53. The topological polar surface area (TPSA) is 12.0 Å². The van der Waals surface area contributed by atoms with Crippen LogP contribution in [0.25, 0.3) is 0 Å². The van der Waals surface area contributed by atoms with E-state index >= 15 is 0 Å². The number of rotatable bonds is 5. The molecule has 0 fully saturated rings. The molecule has 1 aromatic heterocycles. The molecular formula is C12H17NS. The first-order valence-corrected chi connectivity index (χ1v) is 5.93. The van der Waals surface area contributed by atoms with Gasteiger partial charge in [-0.3, -0.25) is 0 Å². The molecule has 1 nitrogen and oxygen atoms in total. The number of hydrogen-bond donors (Lipinski definition) is 1. The molecule has 2 heteroatoms. The van der Waals surface area contributed by atoms with Gasteiger partial charge in [-0.15, -0.1) is 6.42 Å². The fraction of sp³-hybridized carbons (Fsp3) is 0.500. The third kappa shape index (κ3) is 3.53. The van der Waals surface area contributed by atoms with Gasteiger partial charge in [-0.2, -0.15) is 11.3 Å². The van der Waals surface area contributed by atoms with E-state index in [-0.39, 0.29) is 6.04 Å². The molecule has 1 N–H and O–H groups in total. The smallest absolute Gasteiger partial charge is 0.0686 e. The highest BCUT2D eigenvalue weighted by molar-refractivity contribution is 7.07. The number of terminal acetylenes is 1. The predicted octanol–water partition coefficient (Wildman–Crippen LogP) is 2.68. The molecule has 0 aliphatic heterocycles. The Morgan fingerprint density at radius 1 is 1.64 bits per heavy atom. The standard InChI is InChI=1S/C12H17NS/c1-4-12(5-2)13-10(3)8-11-6-7-14-9-11/h1,6-7,9-10,12-13H,5,8H2,2-3H3. The highest BCUT2D eigenvalue weighted by Crippen LogP contribution is 2.09. The van der Waals surface area contributed by atoms with Crippen LogP contribution in [0.2, 0.25) is 0 Å². The van der Waals surface area contributed by atoms with E-state index in [4.69, 9.17) is 6.42 Å². The lowest BCUT2D eigenvalue weighted by Crippen LogP contribution is -2.36. The molecule has 2 atom stereocenters. The van der Waals surface area contributed by atoms with Crippen LogP contribution >= 0.6 is 11.3 Å². The maximum Gasteiger partial charge on any atom is 0.0686 e. The van der Waals surface area contributed by atoms with Gasteiger partial charge in [0.25, 0.3) is 0 Å². The average molecular weight is 207 g/mol. The molecule has 0 aliphatic carbocycles. The van der Waals surface area contributed by atoms with Crippen molar-refractivity contribution in [1.29, 1.82) is 0 Å². The van der Waals surface area contributed by atoms with Crippen molar-refractivity contribution in [3.63, 3.8) is 0 Å². The van der Waals surface area contributed by atoms with E-state index < -0.39 is 0 Å². The number of thiophene rings is 1. The molecule has 0 spiro atoms. The van der Waals surface area contributed by atoms with Gasteiger partial charge >= 0.3 is 0 Å². The summed E-state index contributed by atoms with van der Waals surface area (Å²) in [7, 11) is 0. The molecule has 1 heterocycles. The summed E-state index contributed by atoms with van der Waals surface area (Å²) >= 11 is 1.74. The van der Waals surface area contributed by atoms with Crippen molar-refractivity contribution >= 4 is 11.3 Å². The first-order valence-electron chi connectivity index (χ1n) is 4.99. The van der Waals surface area contributed by atoms with Crippen LogP contribution in [-0.4, -0.2) is 12.1 Å². The van der Waals surface area contributed by atoms with E-state index in [1.807, 2.05) is 0 Å². The number of nitrogens with one attached hydrogen (secondary N) is 1. The molecule has 76 valence electrons. The summed E-state index contributed by atoms with van der Waals surface area (Å²) in [5.41, 5.74) is 1.39. The van der Waals surface area contributed by atoms with Crippen LogP contribution in [0.15, 0.2) is 16.8 Å². The Hall–Kier alpha value is -0.780. The predicted molar refractivity (Wildman–Crippen MR) is 63.5 cm³/mol. The van der Waals surface area contributed by atoms with Gasteiger partial charge in [-0.05, 0) is 42.2 Å². The van der Waals surface area contributed by atoms with Crippen molar-refractivity contribution < 1.29 is 0 Å². The summed E-state index contributed by atoms with van der Waals surface area (Å²) in [6.45, 7) is 4.28. The summed E-state index contributed by atoms with van der Waals surface area (Å²) in [5, 5.41) is 7.72. The maximum atomic E-state index is 5.39. The third-order valence-electron chi connectivity index (χ3n) is 2.22. The first-order chi connectivity index (χ1) is 6.76. The minimum Gasteiger partial charge on any atom is -0.301 e. The second-order valence-corrected chi connectivity index (χ2v) is 4.31. The molecular weight excluding hydrogens is 190 g/mol. The molecule has 0 amide bonds. The lowest BCUT2D eigenvalue weighted by Gasteiger charge is -2.17. The van der Waals surface area contributed by atoms with Crippen LogP contribution in [0.4, 0.5) is 0 Å². The summed E-state index contributed by atoms with van der Waals surface area (Å²) in [5.74, 6) is 2.75. The van der Waals surface area contributed by atoms with Crippen molar-refractivity contribution in [3.8, 4) is 12.3 Å². The van der Waals surface area contributed by atoms with E-state index in [0.717, 1.165) is 12.8 Å². The van der Waals surface area contributed by atoms with Crippen molar-refractivity contribution in [1.82, 2.24) is 5.32 Å². The quantitative estimate of drug-likeness (QED) is 0.732. The van der Waals surface area contributed by atoms with Gasteiger partial charge < -0.3 is 5.32 Å². The highest BCUT2D eigenvalue weighted by Gasteiger charge is 2.07. The van der Waals surface area contributed by atoms with Crippen LogP contribution in [0.3, 0.4) is 0 Å². The van der Waals surface area contributed by atoms with Gasteiger partial charge in [0.05, 0.1) is 6.04 Å². The second kappa shape index (κ2) is 5.85. The van der Waals surface area contributed by atoms with Crippen LogP contribution in [0, 0.1) is 12.3 Å². The normalized spacial score (nSPS) is 14.6. The zero-order valence-electron chi connectivity index (χ0n) is 8.79. The molecule has 0 radical (unpaired) electrons. The SMILES string of the molecule is C#CC(CC)NC(C)Cc1ccsc1. The van der Waals surface area contributed by atoms with Gasteiger partial charge in [0, 0.05) is 6.04 Å². The molecule has 14 heavy (non-hydrogen) atoms. The largest absolute Gasteiger partial charge is 0.301 e. The van der Waals surface area contributed by atoms with Gasteiger partial charge in [0.15, 0.2) is 0 Å². The number of hydrogen-bond acceptors (Lipinski definition) is 2. The Kier molecular flexibility index (Phi) is 4.72. The molecule has 0 saturated carbocycles. The zero-order valence-corrected chi connectivity index (χ0v) is 9.60. The minimum atomic E-state index is 0.212. The Bertz CT molecular complexity index is 284. The summed E-state index contributed by atoms with van der Waals surface area (Å²) in [6, 6.07) is 2.83. The molecule has 0 aromatic carbocycles. The van der Waals surface area contributed by atoms with Crippen LogP contribution in [0.5, 0.6) is 0 Å². The summed E-state index contributed by atoms with van der Waals surface area (Å²) in [6.07, 6.45) is 7.44. The van der Waals surface area contributed by atoms with E-state index in [0.29, 0.717) is 6.04 Å². The van der Waals surface area contributed by atoms with E-state index in [1.165, 1.54) is 5.56 Å².